The van der Waals surface area contributed by atoms with E-state index in [1.54, 1.807) is 23.7 Å². The summed E-state index contributed by atoms with van der Waals surface area (Å²) < 4.78 is 1.79. The van der Waals surface area contributed by atoms with Gasteiger partial charge in [0.1, 0.15) is 0 Å². The fourth-order valence-electron chi connectivity index (χ4n) is 4.51. The molecule has 1 aliphatic heterocycles. The molecule has 168 valence electrons. The van der Waals surface area contributed by atoms with E-state index in [-0.39, 0.29) is 11.8 Å². The molecule has 0 N–H and O–H groups in total. The minimum absolute atomic E-state index is 0.0388. The molecule has 6 heteroatoms. The van der Waals surface area contributed by atoms with Crippen molar-refractivity contribution in [3.63, 3.8) is 0 Å². The number of aryl methyl sites for hydroxylation is 2. The molecule has 4 rings (SSSR count). The van der Waals surface area contributed by atoms with Crippen LogP contribution in [0.3, 0.4) is 0 Å². The first kappa shape index (κ1) is 22.1. The molecule has 1 aliphatic rings. The van der Waals surface area contributed by atoms with Crippen LogP contribution in [0.25, 0.3) is 10.9 Å². The SMILES string of the molecule is CN(C)C(=O)CCc1ccc(CC2CCN(C(=O)c3nn(C)c4ccccc34)CC2)cc1. The largest absolute Gasteiger partial charge is 0.349 e. The molecule has 0 radical (unpaired) electrons. The number of benzene rings is 2. The van der Waals surface area contributed by atoms with Gasteiger partial charge in [0.15, 0.2) is 5.69 Å². The van der Waals surface area contributed by atoms with Crippen molar-refractivity contribution in [1.29, 1.82) is 0 Å². The Morgan fingerprint density at radius 2 is 1.66 bits per heavy atom. The Morgan fingerprint density at radius 3 is 2.34 bits per heavy atom. The third-order valence-electron chi connectivity index (χ3n) is 6.54. The number of nitrogens with zero attached hydrogens (tertiary/aromatic N) is 4. The van der Waals surface area contributed by atoms with Crippen molar-refractivity contribution >= 4 is 22.7 Å². The lowest BCUT2D eigenvalue weighted by Gasteiger charge is -2.31. The van der Waals surface area contributed by atoms with E-state index in [1.165, 1.54) is 11.1 Å². The minimum atomic E-state index is 0.0388. The van der Waals surface area contributed by atoms with Crippen molar-refractivity contribution in [2.24, 2.45) is 13.0 Å². The zero-order chi connectivity index (χ0) is 22.7. The number of hydrogen-bond acceptors (Lipinski definition) is 3. The summed E-state index contributed by atoms with van der Waals surface area (Å²) in [5.41, 5.74) is 4.07. The van der Waals surface area contributed by atoms with Crippen molar-refractivity contribution in [2.45, 2.75) is 32.1 Å². The monoisotopic (exact) mass is 432 g/mol. The first-order valence-electron chi connectivity index (χ1n) is 11.4. The van der Waals surface area contributed by atoms with Crippen LogP contribution in [0.2, 0.25) is 0 Å². The average Bonchev–Trinajstić information content (AvgIpc) is 3.15. The zero-order valence-electron chi connectivity index (χ0n) is 19.3. The summed E-state index contributed by atoms with van der Waals surface area (Å²) in [6, 6.07) is 16.6. The Hall–Kier alpha value is -3.15. The van der Waals surface area contributed by atoms with Crippen LogP contribution in [0.5, 0.6) is 0 Å². The topological polar surface area (TPSA) is 58.4 Å². The number of aromatic nitrogens is 2. The average molecular weight is 433 g/mol. The quantitative estimate of drug-likeness (QED) is 0.597. The highest BCUT2D eigenvalue weighted by atomic mass is 16.2. The van der Waals surface area contributed by atoms with Crippen LogP contribution in [-0.4, -0.2) is 58.6 Å². The van der Waals surface area contributed by atoms with E-state index >= 15 is 0 Å². The Labute approximate surface area is 189 Å². The summed E-state index contributed by atoms with van der Waals surface area (Å²) >= 11 is 0. The number of para-hydroxylation sites is 1. The number of piperidine rings is 1. The molecule has 1 fully saturated rings. The number of likely N-dealkylation sites (tertiary alicyclic amines) is 1. The van der Waals surface area contributed by atoms with E-state index in [4.69, 9.17) is 0 Å². The third kappa shape index (κ3) is 4.85. The molecule has 0 saturated carbocycles. The van der Waals surface area contributed by atoms with Gasteiger partial charge in [-0.3, -0.25) is 14.3 Å². The molecule has 0 spiro atoms. The molecular formula is C26H32N4O2. The van der Waals surface area contributed by atoms with E-state index < -0.39 is 0 Å². The molecule has 6 nitrogen and oxygen atoms in total. The maximum Gasteiger partial charge on any atom is 0.275 e. The lowest BCUT2D eigenvalue weighted by Crippen LogP contribution is -2.39. The third-order valence-corrected chi connectivity index (χ3v) is 6.54. The Morgan fingerprint density at radius 1 is 1.00 bits per heavy atom. The maximum atomic E-state index is 13.1. The normalized spacial score (nSPS) is 14.7. The van der Waals surface area contributed by atoms with Crippen molar-refractivity contribution in [3.05, 3.63) is 65.4 Å². The van der Waals surface area contributed by atoms with Crippen molar-refractivity contribution < 1.29 is 9.59 Å². The first-order valence-corrected chi connectivity index (χ1v) is 11.4. The number of amides is 2. The number of rotatable bonds is 6. The van der Waals surface area contributed by atoms with Gasteiger partial charge in [0.25, 0.3) is 5.91 Å². The van der Waals surface area contributed by atoms with Gasteiger partial charge in [0, 0.05) is 46.0 Å². The van der Waals surface area contributed by atoms with Gasteiger partial charge in [-0.05, 0) is 48.8 Å². The van der Waals surface area contributed by atoms with E-state index in [2.05, 4.69) is 29.4 Å². The van der Waals surface area contributed by atoms with Crippen LogP contribution in [0.15, 0.2) is 48.5 Å². The van der Waals surface area contributed by atoms with Crippen LogP contribution in [-0.2, 0) is 24.7 Å². The highest BCUT2D eigenvalue weighted by Crippen LogP contribution is 2.25. The fraction of sp³-hybridized carbons (Fsp3) is 0.423. The molecule has 0 aliphatic carbocycles. The lowest BCUT2D eigenvalue weighted by atomic mass is 9.89. The molecule has 2 heterocycles. The first-order chi connectivity index (χ1) is 15.4. The van der Waals surface area contributed by atoms with Gasteiger partial charge in [-0.2, -0.15) is 5.10 Å². The second-order valence-corrected chi connectivity index (χ2v) is 9.03. The van der Waals surface area contributed by atoms with Gasteiger partial charge in [0.2, 0.25) is 5.91 Å². The highest BCUT2D eigenvalue weighted by Gasteiger charge is 2.26. The second kappa shape index (κ2) is 9.55. The lowest BCUT2D eigenvalue weighted by molar-refractivity contribution is -0.128. The van der Waals surface area contributed by atoms with Gasteiger partial charge in [-0.25, -0.2) is 0 Å². The van der Waals surface area contributed by atoms with E-state index in [0.29, 0.717) is 18.0 Å². The minimum Gasteiger partial charge on any atom is -0.349 e. The second-order valence-electron chi connectivity index (χ2n) is 9.03. The van der Waals surface area contributed by atoms with Crippen molar-refractivity contribution in [2.75, 3.05) is 27.2 Å². The molecule has 32 heavy (non-hydrogen) atoms. The van der Waals surface area contributed by atoms with Gasteiger partial charge in [-0.1, -0.05) is 42.5 Å². The Balaban J connectivity index is 1.30. The summed E-state index contributed by atoms with van der Waals surface area (Å²) in [7, 11) is 5.47. The van der Waals surface area contributed by atoms with Gasteiger partial charge in [-0.15, -0.1) is 0 Å². The summed E-state index contributed by atoms with van der Waals surface area (Å²) in [5, 5.41) is 5.42. The molecule has 0 bridgehead atoms. The van der Waals surface area contributed by atoms with Crippen molar-refractivity contribution in [3.8, 4) is 0 Å². The van der Waals surface area contributed by atoms with Crippen LogP contribution in [0.4, 0.5) is 0 Å². The molecule has 2 amide bonds. The van der Waals surface area contributed by atoms with Crippen LogP contribution < -0.4 is 0 Å². The molecule has 0 atom stereocenters. The van der Waals surface area contributed by atoms with Gasteiger partial charge < -0.3 is 9.80 Å². The number of hydrogen-bond donors (Lipinski definition) is 0. The standard InChI is InChI=1S/C26H32N4O2/c1-28(2)24(31)13-12-19-8-10-20(11-9-19)18-21-14-16-30(17-15-21)26(32)25-22-6-4-5-7-23(22)29(3)27-25/h4-11,21H,12-18H2,1-3H3. The molecule has 1 aromatic heterocycles. The molecule has 1 saturated heterocycles. The highest BCUT2D eigenvalue weighted by molar-refractivity contribution is 6.04. The van der Waals surface area contributed by atoms with E-state index in [1.807, 2.05) is 36.2 Å². The van der Waals surface area contributed by atoms with E-state index in [0.717, 1.165) is 49.7 Å². The Bertz CT molecular complexity index is 1090. The van der Waals surface area contributed by atoms with Crippen LogP contribution in [0, 0.1) is 5.92 Å². The number of carbonyl (C=O) groups excluding carboxylic acids is 2. The molecule has 2 aromatic carbocycles. The summed E-state index contributed by atoms with van der Waals surface area (Å²) in [6.07, 6.45) is 4.38. The zero-order valence-corrected chi connectivity index (χ0v) is 19.3. The van der Waals surface area contributed by atoms with Gasteiger partial charge >= 0.3 is 0 Å². The van der Waals surface area contributed by atoms with E-state index in [9.17, 15) is 9.59 Å². The smallest absolute Gasteiger partial charge is 0.275 e. The fourth-order valence-corrected chi connectivity index (χ4v) is 4.51. The summed E-state index contributed by atoms with van der Waals surface area (Å²) in [4.78, 5) is 28.5. The summed E-state index contributed by atoms with van der Waals surface area (Å²) in [6.45, 7) is 1.55. The predicted molar refractivity (Wildman–Crippen MR) is 127 cm³/mol. The maximum absolute atomic E-state index is 13.1. The predicted octanol–water partition coefficient (Wildman–Crippen LogP) is 3.69. The summed E-state index contributed by atoms with van der Waals surface area (Å²) in [5.74, 6) is 0.784. The molecular weight excluding hydrogens is 400 g/mol. The number of carbonyl (C=O) groups is 2. The number of fused-ring (bicyclic) bond motifs is 1. The van der Waals surface area contributed by atoms with Crippen LogP contribution in [0.1, 0.15) is 40.9 Å². The van der Waals surface area contributed by atoms with Crippen molar-refractivity contribution in [1.82, 2.24) is 19.6 Å². The molecule has 0 unspecified atom stereocenters. The molecule has 3 aromatic rings. The van der Waals surface area contributed by atoms with Crippen LogP contribution >= 0.6 is 0 Å². The Kier molecular flexibility index (Phi) is 6.58. The van der Waals surface area contributed by atoms with Gasteiger partial charge in [0.05, 0.1) is 5.52 Å².